The summed E-state index contributed by atoms with van der Waals surface area (Å²) >= 11 is 5.98. The van der Waals surface area contributed by atoms with Gasteiger partial charge < -0.3 is 18.9 Å². The van der Waals surface area contributed by atoms with Crippen molar-refractivity contribution < 1.29 is 23.7 Å². The van der Waals surface area contributed by atoms with E-state index in [-0.39, 0.29) is 30.5 Å². The van der Waals surface area contributed by atoms with Gasteiger partial charge in [0.25, 0.3) is 0 Å². The summed E-state index contributed by atoms with van der Waals surface area (Å²) in [5.41, 5.74) is 3.50. The zero-order valence-electron chi connectivity index (χ0n) is 18.2. The van der Waals surface area contributed by atoms with Crippen molar-refractivity contribution in [1.82, 2.24) is 0 Å². The van der Waals surface area contributed by atoms with Crippen LogP contribution in [0.3, 0.4) is 0 Å². The van der Waals surface area contributed by atoms with Gasteiger partial charge in [-0.15, -0.1) is 0 Å². The van der Waals surface area contributed by atoms with Crippen LogP contribution in [0.15, 0.2) is 48.5 Å². The molecule has 5 nitrogen and oxygen atoms in total. The third-order valence-corrected chi connectivity index (χ3v) is 6.11. The summed E-state index contributed by atoms with van der Waals surface area (Å²) < 4.78 is 23.3. The van der Waals surface area contributed by atoms with Crippen molar-refractivity contribution in [3.05, 3.63) is 59.1 Å². The molecule has 2 heterocycles. The lowest BCUT2D eigenvalue weighted by atomic mass is 9.90. The van der Waals surface area contributed by atoms with Crippen LogP contribution in [0.4, 0.5) is 0 Å². The van der Waals surface area contributed by atoms with E-state index in [2.05, 4.69) is 24.3 Å². The van der Waals surface area contributed by atoms with Gasteiger partial charge >= 0.3 is 5.97 Å². The predicted octanol–water partition coefficient (Wildman–Crippen LogP) is 5.39. The van der Waals surface area contributed by atoms with Crippen molar-refractivity contribution in [2.75, 3.05) is 6.61 Å². The Morgan fingerprint density at radius 3 is 2.32 bits per heavy atom. The summed E-state index contributed by atoms with van der Waals surface area (Å²) in [6.45, 7) is 5.92. The minimum Gasteiger partial charge on any atom is -0.466 e. The fraction of sp³-hybridized carbons (Fsp3) is 0.480. The Morgan fingerprint density at radius 2 is 1.68 bits per heavy atom. The second-order valence-electron chi connectivity index (χ2n) is 8.56. The highest BCUT2D eigenvalue weighted by atomic mass is 35.5. The van der Waals surface area contributed by atoms with Crippen molar-refractivity contribution in [3.63, 3.8) is 0 Å². The molecule has 0 saturated carbocycles. The molecule has 0 amide bonds. The topological polar surface area (TPSA) is 54.0 Å². The van der Waals surface area contributed by atoms with Gasteiger partial charge in [0, 0.05) is 10.9 Å². The molecule has 2 saturated heterocycles. The van der Waals surface area contributed by atoms with Crippen molar-refractivity contribution in [1.29, 1.82) is 0 Å². The summed E-state index contributed by atoms with van der Waals surface area (Å²) in [5.74, 6) is -1.01. The summed E-state index contributed by atoms with van der Waals surface area (Å²) in [7, 11) is 0. The molecule has 2 aromatic rings. The van der Waals surface area contributed by atoms with Gasteiger partial charge in [-0.3, -0.25) is 4.79 Å². The van der Waals surface area contributed by atoms with E-state index >= 15 is 0 Å². The van der Waals surface area contributed by atoms with Crippen molar-refractivity contribution in [3.8, 4) is 11.1 Å². The van der Waals surface area contributed by atoms with Gasteiger partial charge in [0.05, 0.1) is 19.1 Å². The Hall–Kier alpha value is -1.92. The first-order chi connectivity index (χ1) is 14.8. The molecule has 2 aliphatic heterocycles. The van der Waals surface area contributed by atoms with E-state index in [4.69, 9.17) is 30.5 Å². The van der Waals surface area contributed by atoms with E-state index < -0.39 is 12.1 Å². The SMILES string of the molecule is CCOC(=O)C[C@H]1[C@H]2OC(C)(C)O[C@H]2O[C@@H]1CCc1ccc(-c2ccc(Cl)cc2)cc1. The highest BCUT2D eigenvalue weighted by Gasteiger charge is 2.54. The van der Waals surface area contributed by atoms with Crippen LogP contribution in [-0.2, 0) is 30.2 Å². The molecule has 2 aromatic carbocycles. The van der Waals surface area contributed by atoms with Crippen LogP contribution in [0, 0.1) is 5.92 Å². The number of hydrogen-bond donors (Lipinski definition) is 0. The van der Waals surface area contributed by atoms with Crippen LogP contribution in [0.1, 0.15) is 39.2 Å². The average Bonchev–Trinajstić information content (AvgIpc) is 3.19. The molecule has 2 fully saturated rings. The van der Waals surface area contributed by atoms with Crippen molar-refractivity contribution >= 4 is 17.6 Å². The molecule has 0 unspecified atom stereocenters. The van der Waals surface area contributed by atoms with Crippen LogP contribution in [-0.4, -0.2) is 36.9 Å². The predicted molar refractivity (Wildman–Crippen MR) is 119 cm³/mol. The van der Waals surface area contributed by atoms with E-state index in [0.29, 0.717) is 6.61 Å². The first-order valence-electron chi connectivity index (χ1n) is 10.9. The van der Waals surface area contributed by atoms with E-state index in [0.717, 1.165) is 29.0 Å². The van der Waals surface area contributed by atoms with Gasteiger partial charge in [-0.05, 0) is 62.4 Å². The smallest absolute Gasteiger partial charge is 0.306 e. The quantitative estimate of drug-likeness (QED) is 0.536. The molecular formula is C25H29ClO5. The number of halogens is 1. The second-order valence-corrected chi connectivity index (χ2v) is 9.00. The van der Waals surface area contributed by atoms with Gasteiger partial charge in [-0.25, -0.2) is 0 Å². The lowest BCUT2D eigenvalue weighted by Crippen LogP contribution is -2.32. The number of aryl methyl sites for hydroxylation is 1. The molecule has 0 spiro atoms. The fourth-order valence-electron chi connectivity index (χ4n) is 4.39. The summed E-state index contributed by atoms with van der Waals surface area (Å²) in [4.78, 5) is 12.2. The summed E-state index contributed by atoms with van der Waals surface area (Å²) in [6, 6.07) is 16.3. The second kappa shape index (κ2) is 9.29. The molecule has 0 bridgehead atoms. The lowest BCUT2D eigenvalue weighted by molar-refractivity contribution is -0.211. The Labute approximate surface area is 188 Å². The number of ether oxygens (including phenoxy) is 4. The molecule has 0 N–H and O–H groups in total. The van der Waals surface area contributed by atoms with Crippen LogP contribution in [0.2, 0.25) is 5.02 Å². The van der Waals surface area contributed by atoms with E-state index in [1.807, 2.05) is 45.0 Å². The van der Waals surface area contributed by atoms with Gasteiger partial charge in [0.2, 0.25) is 0 Å². The highest BCUT2D eigenvalue weighted by molar-refractivity contribution is 6.30. The molecule has 6 heteroatoms. The minimum atomic E-state index is -0.704. The molecule has 2 aliphatic rings. The first kappa shape index (κ1) is 22.3. The third kappa shape index (κ3) is 5.29. The first-order valence-corrected chi connectivity index (χ1v) is 11.2. The molecule has 166 valence electrons. The Kier molecular flexibility index (Phi) is 6.68. The maximum atomic E-state index is 12.2. The van der Waals surface area contributed by atoms with E-state index in [9.17, 15) is 4.79 Å². The molecule has 0 aromatic heterocycles. The summed E-state index contributed by atoms with van der Waals surface area (Å²) in [6.07, 6.45) is 1.09. The molecule has 31 heavy (non-hydrogen) atoms. The Bertz CT molecular complexity index is 893. The number of carbonyl (C=O) groups is 1. The van der Waals surface area contributed by atoms with Gasteiger partial charge in [0.1, 0.15) is 6.10 Å². The van der Waals surface area contributed by atoms with Crippen molar-refractivity contribution in [2.45, 2.75) is 64.3 Å². The lowest BCUT2D eigenvalue weighted by Gasteiger charge is -2.25. The van der Waals surface area contributed by atoms with Gasteiger partial charge in [-0.1, -0.05) is 48.0 Å². The maximum absolute atomic E-state index is 12.2. The van der Waals surface area contributed by atoms with Crippen LogP contribution in [0.5, 0.6) is 0 Å². The number of carbonyl (C=O) groups excluding carboxylic acids is 1. The number of fused-ring (bicyclic) bond motifs is 1. The van der Waals surface area contributed by atoms with E-state index in [1.165, 1.54) is 5.56 Å². The Morgan fingerprint density at radius 1 is 1.03 bits per heavy atom. The molecule has 0 radical (unpaired) electrons. The highest BCUT2D eigenvalue weighted by Crippen LogP contribution is 2.43. The van der Waals surface area contributed by atoms with Crippen LogP contribution < -0.4 is 0 Å². The maximum Gasteiger partial charge on any atom is 0.306 e. The van der Waals surface area contributed by atoms with Gasteiger partial charge in [-0.2, -0.15) is 0 Å². The standard InChI is InChI=1S/C25H29ClO5/c1-4-28-22(27)15-20-21(29-24-23(20)30-25(2,3)31-24)14-7-16-5-8-17(9-6-16)18-10-12-19(26)13-11-18/h5-6,8-13,20-21,23-24H,4,7,14-15H2,1-3H3/t20-,21-,23-,24-/m1/s1. The fourth-order valence-corrected chi connectivity index (χ4v) is 4.52. The monoisotopic (exact) mass is 444 g/mol. The normalized spacial score (nSPS) is 26.6. The summed E-state index contributed by atoms with van der Waals surface area (Å²) in [5, 5.41) is 0.732. The molecule has 0 aliphatic carbocycles. The van der Waals surface area contributed by atoms with Crippen LogP contribution in [0.25, 0.3) is 11.1 Å². The zero-order valence-corrected chi connectivity index (χ0v) is 18.9. The molecular weight excluding hydrogens is 416 g/mol. The van der Waals surface area contributed by atoms with Crippen molar-refractivity contribution in [2.24, 2.45) is 5.92 Å². The Balaban J connectivity index is 1.40. The number of rotatable bonds is 7. The molecule has 4 atom stereocenters. The average molecular weight is 445 g/mol. The largest absolute Gasteiger partial charge is 0.466 e. The molecule has 4 rings (SSSR count). The number of esters is 1. The number of hydrogen-bond acceptors (Lipinski definition) is 5. The van der Waals surface area contributed by atoms with Gasteiger partial charge in [0.15, 0.2) is 12.1 Å². The third-order valence-electron chi connectivity index (χ3n) is 5.85. The number of benzene rings is 2. The van der Waals surface area contributed by atoms with E-state index in [1.54, 1.807) is 0 Å². The minimum absolute atomic E-state index is 0.0841. The zero-order chi connectivity index (χ0) is 22.0. The van der Waals surface area contributed by atoms with Crippen LogP contribution >= 0.6 is 11.6 Å².